The largest absolute Gasteiger partial charge is 0.403 e. The van der Waals surface area contributed by atoms with Gasteiger partial charge >= 0.3 is 10.6 Å². The molecular formula is C19H8N4O6S. The number of aromatic nitrogens is 2. The zero-order valence-corrected chi connectivity index (χ0v) is 15.6. The van der Waals surface area contributed by atoms with Crippen LogP contribution in [0.2, 0.25) is 0 Å². The average molecular weight is 420 g/mol. The molecule has 0 fully saturated rings. The minimum atomic E-state index is -0.677. The van der Waals surface area contributed by atoms with Crippen molar-refractivity contribution in [3.05, 3.63) is 80.3 Å². The lowest BCUT2D eigenvalue weighted by atomic mass is 10.1. The van der Waals surface area contributed by atoms with Gasteiger partial charge in [-0.1, -0.05) is 12.1 Å². The van der Waals surface area contributed by atoms with Gasteiger partial charge in [-0.25, -0.2) is 19.7 Å². The smallest absolute Gasteiger partial charge is 0.347 e. The SMILES string of the molecule is O=C1c2ccc(-c3nc4ccccc4c(=O)o3)cc2C(=O)N1c1ncc([N+](=O)[O-])s1. The van der Waals surface area contributed by atoms with E-state index in [4.69, 9.17) is 4.42 Å². The Bertz CT molecular complexity index is 1460. The van der Waals surface area contributed by atoms with Gasteiger partial charge < -0.3 is 4.42 Å². The number of amides is 2. The quantitative estimate of drug-likeness (QED) is 0.280. The molecule has 0 bridgehead atoms. The summed E-state index contributed by atoms with van der Waals surface area (Å²) in [6.45, 7) is 0. The van der Waals surface area contributed by atoms with Crippen LogP contribution >= 0.6 is 11.3 Å². The van der Waals surface area contributed by atoms with Crippen LogP contribution < -0.4 is 10.5 Å². The second-order valence-electron chi connectivity index (χ2n) is 6.27. The molecule has 0 aliphatic carbocycles. The average Bonchev–Trinajstić information content (AvgIpc) is 3.31. The van der Waals surface area contributed by atoms with Crippen LogP contribution in [0.4, 0.5) is 10.1 Å². The summed E-state index contributed by atoms with van der Waals surface area (Å²) in [6.07, 6.45) is 0.989. The monoisotopic (exact) mass is 420 g/mol. The lowest BCUT2D eigenvalue weighted by molar-refractivity contribution is -0.380. The van der Waals surface area contributed by atoms with E-state index in [-0.39, 0.29) is 27.2 Å². The number of nitro groups is 1. The molecule has 146 valence electrons. The molecule has 0 atom stereocenters. The molecule has 3 heterocycles. The molecule has 4 aromatic rings. The van der Waals surface area contributed by atoms with Gasteiger partial charge in [0.1, 0.15) is 6.20 Å². The standard InChI is InChI=1S/C19H8N4O6S/c24-16-10-6-5-9(15-21-13-4-2-1-3-11(13)18(26)29-15)7-12(10)17(25)22(16)19-20-8-14(30-19)23(27)28/h1-8H. The molecule has 0 radical (unpaired) electrons. The highest BCUT2D eigenvalue weighted by Gasteiger charge is 2.39. The fraction of sp³-hybridized carbons (Fsp3) is 0. The fourth-order valence-corrected chi connectivity index (χ4v) is 3.86. The Morgan fingerprint density at radius 1 is 1.03 bits per heavy atom. The number of hydrogen-bond acceptors (Lipinski definition) is 9. The number of nitrogens with zero attached hydrogens (tertiary/aromatic N) is 4. The highest BCUT2D eigenvalue weighted by Crippen LogP contribution is 2.35. The van der Waals surface area contributed by atoms with E-state index in [9.17, 15) is 24.5 Å². The third-order valence-corrected chi connectivity index (χ3v) is 5.46. The number of thiazole rings is 1. The van der Waals surface area contributed by atoms with E-state index in [1.54, 1.807) is 24.3 Å². The maximum absolute atomic E-state index is 12.8. The Morgan fingerprint density at radius 3 is 2.57 bits per heavy atom. The van der Waals surface area contributed by atoms with Gasteiger partial charge in [0.2, 0.25) is 11.0 Å². The van der Waals surface area contributed by atoms with Crippen molar-refractivity contribution < 1.29 is 18.9 Å². The molecule has 10 nitrogen and oxygen atoms in total. The summed E-state index contributed by atoms with van der Waals surface area (Å²) in [6, 6.07) is 11.0. The zero-order chi connectivity index (χ0) is 21.0. The molecule has 5 rings (SSSR count). The van der Waals surface area contributed by atoms with E-state index in [1.807, 2.05) is 0 Å². The van der Waals surface area contributed by atoms with E-state index >= 15 is 0 Å². The Labute approximate surface area is 170 Å². The fourth-order valence-electron chi connectivity index (χ4n) is 3.13. The summed E-state index contributed by atoms with van der Waals surface area (Å²) in [4.78, 5) is 56.9. The van der Waals surface area contributed by atoms with Gasteiger partial charge in [-0.2, -0.15) is 0 Å². The van der Waals surface area contributed by atoms with Crippen molar-refractivity contribution >= 4 is 44.2 Å². The van der Waals surface area contributed by atoms with Gasteiger partial charge in [-0.05, 0) is 41.7 Å². The molecule has 30 heavy (non-hydrogen) atoms. The summed E-state index contributed by atoms with van der Waals surface area (Å²) in [5, 5.41) is 10.8. The van der Waals surface area contributed by atoms with Gasteiger partial charge in [0.15, 0.2) is 0 Å². The van der Waals surface area contributed by atoms with Crippen molar-refractivity contribution in [3.63, 3.8) is 0 Å². The summed E-state index contributed by atoms with van der Waals surface area (Å²) in [7, 11) is 0. The van der Waals surface area contributed by atoms with Gasteiger partial charge in [-0.15, -0.1) is 0 Å². The molecule has 0 N–H and O–H groups in total. The van der Waals surface area contributed by atoms with E-state index in [2.05, 4.69) is 9.97 Å². The van der Waals surface area contributed by atoms with Crippen LogP contribution in [0.25, 0.3) is 22.4 Å². The highest BCUT2D eigenvalue weighted by molar-refractivity contribution is 7.19. The highest BCUT2D eigenvalue weighted by atomic mass is 32.1. The molecule has 11 heteroatoms. The summed E-state index contributed by atoms with van der Waals surface area (Å²) < 4.78 is 5.28. The molecule has 1 aliphatic rings. The van der Waals surface area contributed by atoms with Crippen molar-refractivity contribution in [2.24, 2.45) is 0 Å². The number of hydrogen-bond donors (Lipinski definition) is 0. The number of carbonyl (C=O) groups is 2. The number of fused-ring (bicyclic) bond motifs is 2. The third kappa shape index (κ3) is 2.60. The van der Waals surface area contributed by atoms with Crippen LogP contribution in [0, 0.1) is 10.1 Å². The van der Waals surface area contributed by atoms with Crippen molar-refractivity contribution in [2.75, 3.05) is 4.90 Å². The number of benzene rings is 2. The minimum Gasteiger partial charge on any atom is -0.403 e. The topological polar surface area (TPSA) is 137 Å². The Balaban J connectivity index is 1.58. The number of carbonyl (C=O) groups excluding carboxylic acids is 2. The van der Waals surface area contributed by atoms with Crippen molar-refractivity contribution in [2.45, 2.75) is 0 Å². The van der Waals surface area contributed by atoms with Gasteiger partial charge in [0.05, 0.1) is 27.0 Å². The Hall–Kier alpha value is -4.25. The maximum atomic E-state index is 12.8. The Morgan fingerprint density at radius 2 is 1.80 bits per heavy atom. The van der Waals surface area contributed by atoms with Crippen LogP contribution in [0.1, 0.15) is 20.7 Å². The van der Waals surface area contributed by atoms with Gasteiger partial charge in [-0.3, -0.25) is 19.7 Å². The minimum absolute atomic E-state index is 0.00471. The molecule has 2 amide bonds. The summed E-state index contributed by atoms with van der Waals surface area (Å²) >= 11 is 0.622. The first-order chi connectivity index (χ1) is 14.4. The second kappa shape index (κ2) is 6.39. The van der Waals surface area contributed by atoms with Crippen molar-refractivity contribution in [1.29, 1.82) is 0 Å². The van der Waals surface area contributed by atoms with Gasteiger partial charge in [0.25, 0.3) is 11.8 Å². The maximum Gasteiger partial charge on any atom is 0.347 e. The molecule has 2 aromatic heterocycles. The molecule has 0 saturated heterocycles. The molecule has 0 unspecified atom stereocenters. The molecule has 0 saturated carbocycles. The number of para-hydroxylation sites is 1. The third-order valence-electron chi connectivity index (χ3n) is 4.52. The number of imide groups is 1. The zero-order valence-electron chi connectivity index (χ0n) is 14.8. The van der Waals surface area contributed by atoms with Crippen molar-refractivity contribution in [3.8, 4) is 11.5 Å². The summed E-state index contributed by atoms with van der Waals surface area (Å²) in [5.74, 6) is -1.31. The van der Waals surface area contributed by atoms with Crippen molar-refractivity contribution in [1.82, 2.24) is 9.97 Å². The van der Waals surface area contributed by atoms with E-state index in [0.717, 1.165) is 11.1 Å². The van der Waals surface area contributed by atoms with E-state index in [0.29, 0.717) is 27.8 Å². The first kappa shape index (κ1) is 17.8. The van der Waals surface area contributed by atoms with E-state index < -0.39 is 22.4 Å². The predicted molar refractivity (Wildman–Crippen MR) is 106 cm³/mol. The lowest BCUT2D eigenvalue weighted by Gasteiger charge is -2.07. The summed E-state index contributed by atoms with van der Waals surface area (Å²) in [5.41, 5.74) is 0.376. The Kier molecular flexibility index (Phi) is 3.79. The van der Waals surface area contributed by atoms with Crippen LogP contribution in [-0.4, -0.2) is 26.7 Å². The molecular weight excluding hydrogens is 412 g/mol. The predicted octanol–water partition coefficient (Wildman–Crippen LogP) is 3.02. The normalized spacial score (nSPS) is 13.1. The molecule has 1 aliphatic heterocycles. The second-order valence-corrected chi connectivity index (χ2v) is 7.26. The van der Waals surface area contributed by atoms with Crippen LogP contribution in [0.5, 0.6) is 0 Å². The first-order valence-corrected chi connectivity index (χ1v) is 9.29. The first-order valence-electron chi connectivity index (χ1n) is 8.47. The lowest BCUT2D eigenvalue weighted by Crippen LogP contribution is -2.29. The van der Waals surface area contributed by atoms with E-state index in [1.165, 1.54) is 18.2 Å². The molecule has 0 spiro atoms. The van der Waals surface area contributed by atoms with Crippen LogP contribution in [0.15, 0.2) is 57.9 Å². The number of rotatable bonds is 3. The van der Waals surface area contributed by atoms with Crippen LogP contribution in [0.3, 0.4) is 0 Å². The molecule has 2 aromatic carbocycles. The number of anilines is 1. The van der Waals surface area contributed by atoms with Crippen LogP contribution in [-0.2, 0) is 0 Å². The van der Waals surface area contributed by atoms with Gasteiger partial charge in [0, 0.05) is 5.56 Å².